The predicted octanol–water partition coefficient (Wildman–Crippen LogP) is 3.80. The summed E-state index contributed by atoms with van der Waals surface area (Å²) in [5.74, 6) is 0.323. The van der Waals surface area contributed by atoms with E-state index in [0.717, 1.165) is 12.8 Å². The second-order valence-electron chi connectivity index (χ2n) is 3.49. The van der Waals surface area contributed by atoms with E-state index in [4.69, 9.17) is 5.11 Å². The summed E-state index contributed by atoms with van der Waals surface area (Å²) < 4.78 is 0.0372. The molecule has 1 rings (SSSR count). The van der Waals surface area contributed by atoms with Gasteiger partial charge in [0.1, 0.15) is 5.75 Å². The van der Waals surface area contributed by atoms with E-state index in [1.54, 1.807) is 12.1 Å². The molecule has 0 amide bonds. The Morgan fingerprint density at radius 1 is 1.31 bits per heavy atom. The van der Waals surface area contributed by atoms with Gasteiger partial charge in [-0.05, 0) is 31.0 Å². The molecule has 1 atom stereocenters. The summed E-state index contributed by atoms with van der Waals surface area (Å²) in [5, 5.41) is 9.14. The lowest BCUT2D eigenvalue weighted by Crippen LogP contribution is -2.11. The van der Waals surface area contributed by atoms with Crippen molar-refractivity contribution < 1.29 is 5.11 Å². The molecule has 0 spiro atoms. The molecule has 1 unspecified atom stereocenters. The number of phenolic OH excluding ortho intramolecular Hbond substituents is 1. The molecule has 0 aromatic heterocycles. The minimum absolute atomic E-state index is 0.0372. The highest BCUT2D eigenvalue weighted by atomic mass is 79.9. The van der Waals surface area contributed by atoms with Gasteiger partial charge in [0.25, 0.3) is 0 Å². The Labute approximate surface area is 87.9 Å². The predicted molar refractivity (Wildman–Crippen MR) is 59.3 cm³/mol. The standard InChI is InChI=1S/C11H15BrO/c1-3-8-11(2,12)9-4-6-10(13)7-5-9/h4-7,13H,3,8H2,1-2H3. The third-order valence-electron chi connectivity index (χ3n) is 2.19. The molecule has 0 heterocycles. The highest BCUT2D eigenvalue weighted by molar-refractivity contribution is 9.09. The molecule has 1 aromatic rings. The minimum Gasteiger partial charge on any atom is -0.508 e. The molecular weight excluding hydrogens is 228 g/mol. The van der Waals surface area contributed by atoms with Crippen LogP contribution < -0.4 is 0 Å². The molecule has 0 fully saturated rings. The van der Waals surface area contributed by atoms with Crippen molar-refractivity contribution in [1.82, 2.24) is 0 Å². The molecule has 0 radical (unpaired) electrons. The number of benzene rings is 1. The zero-order chi connectivity index (χ0) is 9.90. The Morgan fingerprint density at radius 2 is 1.85 bits per heavy atom. The molecule has 2 heteroatoms. The number of phenols is 1. The third kappa shape index (κ3) is 2.73. The topological polar surface area (TPSA) is 20.2 Å². The third-order valence-corrected chi connectivity index (χ3v) is 3.04. The first-order valence-electron chi connectivity index (χ1n) is 4.54. The van der Waals surface area contributed by atoms with E-state index in [1.807, 2.05) is 12.1 Å². The summed E-state index contributed by atoms with van der Waals surface area (Å²) in [4.78, 5) is 0. The Bertz CT molecular complexity index is 264. The van der Waals surface area contributed by atoms with Crippen molar-refractivity contribution >= 4 is 15.9 Å². The first-order valence-corrected chi connectivity index (χ1v) is 5.34. The molecular formula is C11H15BrO. The largest absolute Gasteiger partial charge is 0.508 e. The zero-order valence-corrected chi connectivity index (χ0v) is 9.63. The smallest absolute Gasteiger partial charge is 0.115 e. The average Bonchev–Trinajstić information content (AvgIpc) is 2.05. The van der Waals surface area contributed by atoms with E-state index in [0.29, 0.717) is 5.75 Å². The van der Waals surface area contributed by atoms with Crippen LogP contribution in [0.4, 0.5) is 0 Å². The Balaban J connectivity index is 2.87. The molecule has 0 bridgehead atoms. The molecule has 0 aliphatic rings. The van der Waals surface area contributed by atoms with Gasteiger partial charge in [0.2, 0.25) is 0 Å². The van der Waals surface area contributed by atoms with Crippen LogP contribution in [0.5, 0.6) is 5.75 Å². The van der Waals surface area contributed by atoms with E-state index in [2.05, 4.69) is 29.8 Å². The fourth-order valence-electron chi connectivity index (χ4n) is 1.42. The normalized spacial score (nSPS) is 15.3. The molecule has 0 saturated heterocycles. The van der Waals surface area contributed by atoms with Crippen LogP contribution in [0.1, 0.15) is 32.3 Å². The monoisotopic (exact) mass is 242 g/mol. The molecule has 0 saturated carbocycles. The van der Waals surface area contributed by atoms with Gasteiger partial charge in [0.15, 0.2) is 0 Å². The van der Waals surface area contributed by atoms with Gasteiger partial charge in [0.05, 0.1) is 0 Å². The second-order valence-corrected chi connectivity index (χ2v) is 5.24. The van der Waals surface area contributed by atoms with Crippen LogP contribution in [0.15, 0.2) is 24.3 Å². The fourth-order valence-corrected chi connectivity index (χ4v) is 2.08. The number of halogens is 1. The highest BCUT2D eigenvalue weighted by Gasteiger charge is 2.20. The summed E-state index contributed by atoms with van der Waals surface area (Å²) in [7, 11) is 0. The first kappa shape index (κ1) is 10.6. The fraction of sp³-hybridized carbons (Fsp3) is 0.455. The van der Waals surface area contributed by atoms with Gasteiger partial charge in [0, 0.05) is 4.32 Å². The number of rotatable bonds is 3. The molecule has 1 aromatic carbocycles. The van der Waals surface area contributed by atoms with Crippen LogP contribution in [0, 0.1) is 0 Å². The lowest BCUT2D eigenvalue weighted by atomic mass is 9.96. The zero-order valence-electron chi connectivity index (χ0n) is 8.05. The molecule has 0 aliphatic carbocycles. The van der Waals surface area contributed by atoms with Gasteiger partial charge in [-0.15, -0.1) is 0 Å². The van der Waals surface area contributed by atoms with Crippen LogP contribution in [-0.2, 0) is 4.32 Å². The van der Waals surface area contributed by atoms with Crippen molar-refractivity contribution in [3.63, 3.8) is 0 Å². The lowest BCUT2D eigenvalue weighted by Gasteiger charge is -2.22. The van der Waals surface area contributed by atoms with Crippen LogP contribution in [0.25, 0.3) is 0 Å². The highest BCUT2D eigenvalue weighted by Crippen LogP contribution is 2.35. The van der Waals surface area contributed by atoms with Crippen molar-refractivity contribution in [2.45, 2.75) is 31.0 Å². The minimum atomic E-state index is 0.0372. The van der Waals surface area contributed by atoms with Crippen LogP contribution >= 0.6 is 15.9 Å². The van der Waals surface area contributed by atoms with E-state index in [-0.39, 0.29) is 4.32 Å². The average molecular weight is 243 g/mol. The molecule has 1 nitrogen and oxygen atoms in total. The van der Waals surface area contributed by atoms with Crippen LogP contribution in [-0.4, -0.2) is 5.11 Å². The van der Waals surface area contributed by atoms with Gasteiger partial charge in [-0.1, -0.05) is 41.4 Å². The van der Waals surface area contributed by atoms with E-state index < -0.39 is 0 Å². The number of aromatic hydroxyl groups is 1. The van der Waals surface area contributed by atoms with E-state index in [1.165, 1.54) is 5.56 Å². The Kier molecular flexibility index (Phi) is 3.37. The number of hydrogen-bond donors (Lipinski definition) is 1. The molecule has 13 heavy (non-hydrogen) atoms. The molecule has 0 aliphatic heterocycles. The summed E-state index contributed by atoms with van der Waals surface area (Å²) in [5.41, 5.74) is 1.21. The van der Waals surface area contributed by atoms with Crippen molar-refractivity contribution in [1.29, 1.82) is 0 Å². The van der Waals surface area contributed by atoms with Gasteiger partial charge in [-0.25, -0.2) is 0 Å². The quantitative estimate of drug-likeness (QED) is 0.800. The van der Waals surface area contributed by atoms with Gasteiger partial charge >= 0.3 is 0 Å². The SMILES string of the molecule is CCCC(C)(Br)c1ccc(O)cc1. The van der Waals surface area contributed by atoms with Crippen molar-refractivity contribution in [3.05, 3.63) is 29.8 Å². The summed E-state index contributed by atoms with van der Waals surface area (Å²) in [6.45, 7) is 4.32. The second kappa shape index (κ2) is 4.14. The maximum Gasteiger partial charge on any atom is 0.115 e. The Hall–Kier alpha value is -0.500. The summed E-state index contributed by atoms with van der Waals surface area (Å²) >= 11 is 3.69. The van der Waals surface area contributed by atoms with Crippen molar-refractivity contribution in [2.24, 2.45) is 0 Å². The lowest BCUT2D eigenvalue weighted by molar-refractivity contribution is 0.474. The maximum absolute atomic E-state index is 9.14. The van der Waals surface area contributed by atoms with Gasteiger partial charge in [-0.2, -0.15) is 0 Å². The molecule has 72 valence electrons. The van der Waals surface area contributed by atoms with Crippen molar-refractivity contribution in [3.8, 4) is 5.75 Å². The first-order chi connectivity index (χ1) is 6.06. The summed E-state index contributed by atoms with van der Waals surface area (Å²) in [6.07, 6.45) is 2.24. The Morgan fingerprint density at radius 3 is 2.31 bits per heavy atom. The van der Waals surface area contributed by atoms with Gasteiger partial charge < -0.3 is 5.11 Å². The maximum atomic E-state index is 9.14. The summed E-state index contributed by atoms with van der Waals surface area (Å²) in [6, 6.07) is 7.37. The number of hydrogen-bond acceptors (Lipinski definition) is 1. The number of alkyl halides is 1. The van der Waals surface area contributed by atoms with E-state index in [9.17, 15) is 0 Å². The van der Waals surface area contributed by atoms with Crippen molar-refractivity contribution in [2.75, 3.05) is 0 Å². The van der Waals surface area contributed by atoms with Crippen LogP contribution in [0.3, 0.4) is 0 Å². The molecule has 1 N–H and O–H groups in total. The van der Waals surface area contributed by atoms with Crippen LogP contribution in [0.2, 0.25) is 0 Å². The van der Waals surface area contributed by atoms with E-state index >= 15 is 0 Å². The van der Waals surface area contributed by atoms with Gasteiger partial charge in [-0.3, -0.25) is 0 Å².